The Bertz CT molecular complexity index is 1110. The normalized spacial score (nSPS) is 23.0. The van der Waals surface area contributed by atoms with Gasteiger partial charge in [-0.2, -0.15) is 0 Å². The van der Waals surface area contributed by atoms with Gasteiger partial charge in [0, 0.05) is 28.2 Å². The number of para-hydroxylation sites is 1. The van der Waals surface area contributed by atoms with Crippen LogP contribution in [0.3, 0.4) is 0 Å². The van der Waals surface area contributed by atoms with Gasteiger partial charge in [0.05, 0.1) is 6.17 Å². The number of rotatable bonds is 3. The van der Waals surface area contributed by atoms with Gasteiger partial charge in [-0.15, -0.1) is 0 Å². The molecule has 5 rings (SSSR count). The maximum Gasteiger partial charge on any atom is 0.131 e. The molecule has 0 spiro atoms. The maximum atomic E-state index is 8.66. The summed E-state index contributed by atoms with van der Waals surface area (Å²) < 4.78 is 6.14. The highest BCUT2D eigenvalue weighted by molar-refractivity contribution is 6.06. The van der Waals surface area contributed by atoms with Gasteiger partial charge in [0.25, 0.3) is 0 Å². The topological polar surface area (TPSA) is 59.2 Å². The molecule has 0 amide bonds. The van der Waals surface area contributed by atoms with E-state index in [2.05, 4.69) is 60.9 Å². The van der Waals surface area contributed by atoms with Crippen LogP contribution in [0.2, 0.25) is 0 Å². The average Bonchev–Trinajstić information content (AvgIpc) is 2.80. The molecule has 4 heteroatoms. The predicted molar refractivity (Wildman–Crippen MR) is 126 cm³/mol. The van der Waals surface area contributed by atoms with Crippen molar-refractivity contribution in [3.8, 4) is 11.5 Å². The van der Waals surface area contributed by atoms with Crippen LogP contribution in [0.1, 0.15) is 49.8 Å². The van der Waals surface area contributed by atoms with E-state index in [0.717, 1.165) is 47.5 Å². The van der Waals surface area contributed by atoms with Gasteiger partial charge < -0.3 is 20.8 Å². The number of dihydropyridines is 1. The third-order valence-corrected chi connectivity index (χ3v) is 6.57. The first kappa shape index (κ1) is 19.7. The van der Waals surface area contributed by atoms with Crippen LogP contribution < -0.4 is 10.1 Å². The zero-order valence-corrected chi connectivity index (χ0v) is 18.1. The zero-order valence-electron chi connectivity index (χ0n) is 18.1. The molecule has 2 N–H and O–H groups in total. The lowest BCUT2D eigenvalue weighted by Gasteiger charge is -2.36. The minimum absolute atomic E-state index is 0.201. The number of fused-ring (bicyclic) bond motifs is 2. The first-order valence-electron chi connectivity index (χ1n) is 11.0. The van der Waals surface area contributed by atoms with Gasteiger partial charge in [0.1, 0.15) is 11.5 Å². The van der Waals surface area contributed by atoms with E-state index in [1.165, 1.54) is 5.70 Å². The summed E-state index contributed by atoms with van der Waals surface area (Å²) >= 11 is 0. The monoisotopic (exact) mass is 410 g/mol. The molecule has 0 saturated carbocycles. The standard InChI is InChI=1S/C27H28N3O/c1-27(2)20-11-6-7-13-23(20)31-24-16-15-19(17-21(24)27)26(28)30-25-14-8-12-22(29-25)18-9-4-3-5-10-18/h3-4,6-8,11-18,25,29H,5,9-10H2,1-2H3,(H-,28,30)/q-1. The summed E-state index contributed by atoms with van der Waals surface area (Å²) in [5, 5.41) is 16.9. The Labute approximate surface area is 184 Å². The molecule has 4 nitrogen and oxygen atoms in total. The van der Waals surface area contributed by atoms with E-state index in [-0.39, 0.29) is 17.4 Å². The number of nitrogens with one attached hydrogen (secondary N) is 2. The minimum atomic E-state index is -0.209. The fourth-order valence-electron chi connectivity index (χ4n) is 4.74. The number of hydrogen-bond acceptors (Lipinski definition) is 3. The van der Waals surface area contributed by atoms with Crippen molar-refractivity contribution in [1.29, 1.82) is 5.41 Å². The molecule has 2 heterocycles. The van der Waals surface area contributed by atoms with Crippen LogP contribution in [0.15, 0.2) is 78.5 Å². The van der Waals surface area contributed by atoms with Crippen molar-refractivity contribution in [2.45, 2.75) is 44.7 Å². The van der Waals surface area contributed by atoms with E-state index in [9.17, 15) is 0 Å². The Morgan fingerprint density at radius 2 is 1.94 bits per heavy atom. The molecule has 2 atom stereocenters. The van der Waals surface area contributed by atoms with Crippen molar-refractivity contribution in [2.24, 2.45) is 5.92 Å². The summed E-state index contributed by atoms with van der Waals surface area (Å²) in [6.07, 6.45) is 13.9. The summed E-state index contributed by atoms with van der Waals surface area (Å²) in [6, 6.07) is 14.1. The molecule has 0 saturated heterocycles. The smallest absolute Gasteiger partial charge is 0.131 e. The highest BCUT2D eigenvalue weighted by atomic mass is 16.5. The molecule has 3 aliphatic rings. The van der Waals surface area contributed by atoms with Gasteiger partial charge in [-0.1, -0.05) is 68.3 Å². The molecule has 31 heavy (non-hydrogen) atoms. The molecule has 158 valence electrons. The van der Waals surface area contributed by atoms with Crippen LogP contribution >= 0.6 is 0 Å². The molecule has 0 aromatic heterocycles. The Hall–Kier alpha value is -3.27. The largest absolute Gasteiger partial charge is 0.482 e. The van der Waals surface area contributed by atoms with E-state index >= 15 is 0 Å². The van der Waals surface area contributed by atoms with Gasteiger partial charge in [-0.3, -0.25) is 0 Å². The van der Waals surface area contributed by atoms with Crippen molar-refractivity contribution < 1.29 is 4.74 Å². The molecular weight excluding hydrogens is 382 g/mol. The number of ether oxygens (including phenoxy) is 1. The van der Waals surface area contributed by atoms with E-state index in [1.807, 2.05) is 36.4 Å². The number of amidine groups is 1. The lowest BCUT2D eigenvalue weighted by molar-refractivity contribution is 0.418. The quantitative estimate of drug-likeness (QED) is 0.343. The van der Waals surface area contributed by atoms with Gasteiger partial charge in [0.15, 0.2) is 0 Å². The summed E-state index contributed by atoms with van der Waals surface area (Å²) in [7, 11) is 0. The Morgan fingerprint density at radius 3 is 2.77 bits per heavy atom. The van der Waals surface area contributed by atoms with Crippen LogP contribution in [0, 0.1) is 11.3 Å². The second-order valence-electron chi connectivity index (χ2n) is 8.99. The van der Waals surface area contributed by atoms with Crippen molar-refractivity contribution >= 4 is 5.84 Å². The second-order valence-corrected chi connectivity index (χ2v) is 8.99. The number of hydrogen-bond donors (Lipinski definition) is 2. The molecule has 2 unspecified atom stereocenters. The van der Waals surface area contributed by atoms with Gasteiger partial charge in [0.2, 0.25) is 0 Å². The second kappa shape index (κ2) is 7.77. The summed E-state index contributed by atoms with van der Waals surface area (Å²) in [5.41, 5.74) is 4.09. The van der Waals surface area contributed by atoms with E-state index in [1.54, 1.807) is 0 Å². The van der Waals surface area contributed by atoms with Crippen LogP contribution in [-0.4, -0.2) is 12.0 Å². The van der Waals surface area contributed by atoms with Crippen molar-refractivity contribution in [3.05, 3.63) is 101 Å². The van der Waals surface area contributed by atoms with E-state index in [0.29, 0.717) is 5.92 Å². The van der Waals surface area contributed by atoms with Crippen LogP contribution in [0.4, 0.5) is 0 Å². The van der Waals surface area contributed by atoms with Crippen molar-refractivity contribution in [2.75, 3.05) is 0 Å². The summed E-state index contributed by atoms with van der Waals surface area (Å²) in [6.45, 7) is 4.41. The molecule has 0 radical (unpaired) electrons. The average molecular weight is 411 g/mol. The van der Waals surface area contributed by atoms with Crippen LogP contribution in [0.5, 0.6) is 11.5 Å². The highest BCUT2D eigenvalue weighted by Gasteiger charge is 2.34. The summed E-state index contributed by atoms with van der Waals surface area (Å²) in [5.74, 6) is 2.56. The van der Waals surface area contributed by atoms with Crippen LogP contribution in [0.25, 0.3) is 5.32 Å². The Balaban J connectivity index is 1.33. The van der Waals surface area contributed by atoms with Crippen molar-refractivity contribution in [1.82, 2.24) is 5.32 Å². The van der Waals surface area contributed by atoms with Crippen molar-refractivity contribution in [3.63, 3.8) is 0 Å². The molecule has 2 aromatic rings. The highest BCUT2D eigenvalue weighted by Crippen LogP contribution is 2.47. The third-order valence-electron chi connectivity index (χ3n) is 6.57. The van der Waals surface area contributed by atoms with Gasteiger partial charge in [-0.25, -0.2) is 0 Å². The Kier molecular flexibility index (Phi) is 4.93. The minimum Gasteiger partial charge on any atom is -0.482 e. The number of benzene rings is 2. The Morgan fingerprint density at radius 1 is 1.10 bits per heavy atom. The van der Waals surface area contributed by atoms with Gasteiger partial charge in [-0.05, 0) is 49.1 Å². The first-order valence-corrected chi connectivity index (χ1v) is 11.0. The predicted octanol–water partition coefficient (Wildman–Crippen LogP) is 6.54. The lowest BCUT2D eigenvalue weighted by Crippen LogP contribution is -2.33. The van der Waals surface area contributed by atoms with E-state index in [4.69, 9.17) is 10.1 Å². The fraction of sp³-hybridized carbons (Fsp3) is 0.296. The summed E-state index contributed by atoms with van der Waals surface area (Å²) in [4.78, 5) is 0. The molecule has 1 aliphatic carbocycles. The number of nitrogens with zero attached hydrogens (tertiary/aromatic N) is 1. The van der Waals surface area contributed by atoms with Crippen LogP contribution in [-0.2, 0) is 5.41 Å². The van der Waals surface area contributed by atoms with E-state index < -0.39 is 0 Å². The fourth-order valence-corrected chi connectivity index (χ4v) is 4.74. The molecule has 0 bridgehead atoms. The third kappa shape index (κ3) is 3.67. The maximum absolute atomic E-state index is 8.66. The zero-order chi connectivity index (χ0) is 21.4. The number of allylic oxidation sites excluding steroid dienone is 5. The van der Waals surface area contributed by atoms with Gasteiger partial charge >= 0.3 is 0 Å². The molecule has 0 fully saturated rings. The SMILES string of the molecule is CC1(C)c2ccccc2Oc2ccc(C(=N)[N-]C3C=CC=C(C4CC=CCC4)N3)cc21. The first-order chi connectivity index (χ1) is 15.0. The molecule has 2 aliphatic heterocycles. The molecular formula is C27H28N3O-. The lowest BCUT2D eigenvalue weighted by atomic mass is 9.75. The molecule has 2 aromatic carbocycles.